The molecule has 2 aromatic carbocycles. The van der Waals surface area contributed by atoms with Crippen molar-refractivity contribution in [1.29, 1.82) is 0 Å². The van der Waals surface area contributed by atoms with Crippen molar-refractivity contribution in [3.8, 4) is 0 Å². The summed E-state index contributed by atoms with van der Waals surface area (Å²) in [5.74, 6) is 0.195. The lowest BCUT2D eigenvalue weighted by atomic mass is 9.95. The van der Waals surface area contributed by atoms with E-state index in [9.17, 15) is 9.18 Å². The summed E-state index contributed by atoms with van der Waals surface area (Å²) in [4.78, 5) is 18.1. The number of anilines is 1. The van der Waals surface area contributed by atoms with Gasteiger partial charge in [0.1, 0.15) is 18.0 Å². The molecule has 1 atom stereocenters. The van der Waals surface area contributed by atoms with Crippen molar-refractivity contribution in [3.05, 3.63) is 80.7 Å². The van der Waals surface area contributed by atoms with Crippen LogP contribution in [0.5, 0.6) is 0 Å². The number of benzene rings is 2. The van der Waals surface area contributed by atoms with E-state index in [-0.39, 0.29) is 17.9 Å². The van der Waals surface area contributed by atoms with E-state index in [2.05, 4.69) is 15.4 Å². The van der Waals surface area contributed by atoms with Gasteiger partial charge < -0.3 is 10.1 Å². The molecule has 1 N–H and O–H groups in total. The first-order valence-electron chi connectivity index (χ1n) is 11.9. The average molecular weight is 547 g/mol. The van der Waals surface area contributed by atoms with Gasteiger partial charge in [-0.2, -0.15) is 4.98 Å². The number of thioether (sulfide) groups is 1. The fourth-order valence-corrected chi connectivity index (χ4v) is 5.73. The Balaban J connectivity index is 1.48. The number of halogens is 3. The summed E-state index contributed by atoms with van der Waals surface area (Å²) in [5.41, 5.74) is 2.38. The molecule has 6 nitrogen and oxygen atoms in total. The Morgan fingerprint density at radius 2 is 1.94 bits per heavy atom. The Bertz CT molecular complexity index is 1320. The number of aromatic nitrogens is 3. The number of ether oxygens (including phenoxy) is 1. The molecule has 10 heteroatoms. The molecule has 1 saturated carbocycles. The maximum absolute atomic E-state index is 14.1. The zero-order chi connectivity index (χ0) is 25.2. The van der Waals surface area contributed by atoms with Crippen LogP contribution in [-0.4, -0.2) is 26.8 Å². The van der Waals surface area contributed by atoms with Crippen LogP contribution < -0.4 is 5.32 Å². The number of nitrogens with zero attached hydrogens (tertiary/aromatic N) is 3. The van der Waals surface area contributed by atoms with Gasteiger partial charge in [0.05, 0.1) is 15.6 Å². The highest BCUT2D eigenvalue weighted by Gasteiger charge is 2.36. The van der Waals surface area contributed by atoms with Crippen LogP contribution in [0.3, 0.4) is 0 Å². The molecule has 1 fully saturated rings. The minimum Gasteiger partial charge on any atom is -0.459 e. The van der Waals surface area contributed by atoms with Gasteiger partial charge in [-0.25, -0.2) is 13.9 Å². The number of hydrogen-bond donors (Lipinski definition) is 1. The Kier molecular flexibility index (Phi) is 7.55. The van der Waals surface area contributed by atoms with Crippen LogP contribution in [0.4, 0.5) is 10.3 Å². The van der Waals surface area contributed by atoms with E-state index in [4.69, 9.17) is 27.9 Å². The molecular weight excluding hydrogens is 522 g/mol. The number of rotatable bonds is 6. The van der Waals surface area contributed by atoms with Gasteiger partial charge >= 0.3 is 5.97 Å². The fraction of sp³-hybridized carbons (Fsp3) is 0.346. The van der Waals surface area contributed by atoms with Crippen molar-refractivity contribution < 1.29 is 13.9 Å². The zero-order valence-electron chi connectivity index (χ0n) is 19.6. The summed E-state index contributed by atoms with van der Waals surface area (Å²) in [7, 11) is 0. The molecule has 0 amide bonds. The molecule has 2 heterocycles. The Morgan fingerprint density at radius 1 is 1.17 bits per heavy atom. The average Bonchev–Trinajstić information content (AvgIpc) is 3.27. The maximum atomic E-state index is 14.1. The van der Waals surface area contributed by atoms with E-state index in [0.29, 0.717) is 43.7 Å². The van der Waals surface area contributed by atoms with Gasteiger partial charge in [-0.1, -0.05) is 65.7 Å². The summed E-state index contributed by atoms with van der Waals surface area (Å²) in [6.45, 7) is 1.83. The van der Waals surface area contributed by atoms with Crippen molar-refractivity contribution in [1.82, 2.24) is 14.8 Å². The van der Waals surface area contributed by atoms with Crippen molar-refractivity contribution >= 4 is 46.9 Å². The van der Waals surface area contributed by atoms with Crippen LogP contribution in [-0.2, 0) is 15.3 Å². The van der Waals surface area contributed by atoms with E-state index in [1.54, 1.807) is 35.0 Å². The monoisotopic (exact) mass is 546 g/mol. The molecule has 0 bridgehead atoms. The molecule has 0 saturated heterocycles. The number of fused-ring (bicyclic) bond motifs is 1. The van der Waals surface area contributed by atoms with Crippen molar-refractivity contribution in [3.63, 3.8) is 0 Å². The van der Waals surface area contributed by atoms with E-state index in [1.807, 2.05) is 13.0 Å². The highest BCUT2D eigenvalue weighted by Crippen LogP contribution is 2.39. The Morgan fingerprint density at radius 3 is 2.69 bits per heavy atom. The number of nitrogens with one attached hydrogen (secondary N) is 1. The summed E-state index contributed by atoms with van der Waals surface area (Å²) < 4.78 is 21.7. The Labute approximate surface area is 223 Å². The largest absolute Gasteiger partial charge is 0.459 e. The van der Waals surface area contributed by atoms with Crippen molar-refractivity contribution in [2.75, 3.05) is 5.32 Å². The van der Waals surface area contributed by atoms with Gasteiger partial charge in [0.15, 0.2) is 0 Å². The third-order valence-electron chi connectivity index (χ3n) is 6.45. The van der Waals surface area contributed by atoms with Crippen LogP contribution in [0.2, 0.25) is 10.0 Å². The van der Waals surface area contributed by atoms with Gasteiger partial charge in [-0.15, -0.1) is 5.10 Å². The minimum absolute atomic E-state index is 0.0926. The van der Waals surface area contributed by atoms with E-state index in [0.717, 1.165) is 31.2 Å². The normalized spacial score (nSPS) is 18.1. The molecular formula is C26H25Cl2FN4O2S. The molecule has 1 aliphatic carbocycles. The second-order valence-electron chi connectivity index (χ2n) is 8.95. The molecule has 36 heavy (non-hydrogen) atoms. The minimum atomic E-state index is -0.609. The first-order valence-corrected chi connectivity index (χ1v) is 13.6. The lowest BCUT2D eigenvalue weighted by Gasteiger charge is -2.30. The molecule has 0 radical (unpaired) electrons. The number of carbonyl (C=O) groups excluding carboxylic acids is 1. The number of esters is 1. The molecule has 0 spiro atoms. The van der Waals surface area contributed by atoms with E-state index in [1.165, 1.54) is 24.2 Å². The summed E-state index contributed by atoms with van der Waals surface area (Å²) in [5, 5.41) is 9.14. The SMILES string of the molecule is CC1=C(C(=O)OC2CCCCC2)C(c2ccc(Cl)c(Cl)c2)n2nc(SCc3ccccc3F)nc2N1. The topological polar surface area (TPSA) is 69.0 Å². The quantitative estimate of drug-likeness (QED) is 0.261. The standard InChI is InChI=1S/C26H25Cl2FN4O2S/c1-15-22(24(34)35-18-8-3-2-4-9-18)23(16-11-12-19(27)20(28)13-16)33-25(30-15)31-26(32-33)36-14-17-7-5-6-10-21(17)29/h5-7,10-13,18,23H,2-4,8-9,14H2,1H3,(H,30,31,32). The molecule has 1 unspecified atom stereocenters. The van der Waals surface area contributed by atoms with Gasteiger partial charge in [0.25, 0.3) is 0 Å². The number of carbonyl (C=O) groups is 1. The van der Waals surface area contributed by atoms with Crippen LogP contribution in [0, 0.1) is 5.82 Å². The van der Waals surface area contributed by atoms with Crippen molar-refractivity contribution in [2.24, 2.45) is 0 Å². The maximum Gasteiger partial charge on any atom is 0.338 e. The molecule has 1 aliphatic heterocycles. The smallest absolute Gasteiger partial charge is 0.338 e. The molecule has 5 rings (SSSR count). The molecule has 3 aromatic rings. The second-order valence-corrected chi connectivity index (χ2v) is 10.7. The molecule has 2 aliphatic rings. The lowest BCUT2D eigenvalue weighted by molar-refractivity contribution is -0.146. The van der Waals surface area contributed by atoms with Gasteiger partial charge in [0, 0.05) is 11.4 Å². The summed E-state index contributed by atoms with van der Waals surface area (Å²) in [6.07, 6.45) is 4.92. The third kappa shape index (κ3) is 5.26. The zero-order valence-corrected chi connectivity index (χ0v) is 22.0. The van der Waals surface area contributed by atoms with Crippen LogP contribution in [0.15, 0.2) is 58.9 Å². The predicted octanol–water partition coefficient (Wildman–Crippen LogP) is 7.18. The lowest BCUT2D eigenvalue weighted by Crippen LogP contribution is -2.32. The summed E-state index contributed by atoms with van der Waals surface area (Å²) >= 11 is 13.8. The van der Waals surface area contributed by atoms with Crippen LogP contribution in [0.1, 0.15) is 56.2 Å². The first kappa shape index (κ1) is 25.1. The highest BCUT2D eigenvalue weighted by molar-refractivity contribution is 7.98. The van der Waals surface area contributed by atoms with Crippen LogP contribution in [0.25, 0.3) is 0 Å². The van der Waals surface area contributed by atoms with Gasteiger partial charge in [-0.3, -0.25) is 0 Å². The van der Waals surface area contributed by atoms with Gasteiger partial charge in [0.2, 0.25) is 11.1 Å². The Hall–Kier alpha value is -2.55. The molecule has 188 valence electrons. The molecule has 1 aromatic heterocycles. The van der Waals surface area contributed by atoms with E-state index >= 15 is 0 Å². The second kappa shape index (κ2) is 10.8. The fourth-order valence-electron chi connectivity index (χ4n) is 4.60. The number of hydrogen-bond acceptors (Lipinski definition) is 6. The highest BCUT2D eigenvalue weighted by atomic mass is 35.5. The number of allylic oxidation sites excluding steroid dienone is 1. The van der Waals surface area contributed by atoms with Crippen molar-refractivity contribution in [2.45, 2.75) is 62.1 Å². The third-order valence-corrected chi connectivity index (χ3v) is 8.08. The van der Waals surface area contributed by atoms with Crippen LogP contribution >= 0.6 is 35.0 Å². The first-order chi connectivity index (χ1) is 17.4. The summed E-state index contributed by atoms with van der Waals surface area (Å²) in [6, 6.07) is 11.3. The predicted molar refractivity (Wildman–Crippen MR) is 140 cm³/mol. The van der Waals surface area contributed by atoms with Gasteiger partial charge in [-0.05, 0) is 61.9 Å². The van der Waals surface area contributed by atoms with E-state index < -0.39 is 6.04 Å².